The van der Waals surface area contributed by atoms with Crippen LogP contribution in [0.2, 0.25) is 0 Å². The van der Waals surface area contributed by atoms with E-state index >= 15 is 0 Å². The lowest BCUT2D eigenvalue weighted by Gasteiger charge is -2.09. The Balaban J connectivity index is 2.53. The van der Waals surface area contributed by atoms with Gasteiger partial charge in [0.05, 0.1) is 12.2 Å². The molecule has 0 bridgehead atoms. The number of ether oxygens (including phenoxy) is 1. The molecule has 0 saturated carbocycles. The summed E-state index contributed by atoms with van der Waals surface area (Å²) in [7, 11) is 0. The van der Waals surface area contributed by atoms with Gasteiger partial charge in [-0.15, -0.1) is 0 Å². The summed E-state index contributed by atoms with van der Waals surface area (Å²) in [5, 5.41) is 21.1. The summed E-state index contributed by atoms with van der Waals surface area (Å²) in [5.41, 5.74) is 2.72. The normalized spacial score (nSPS) is 11.1. The molecule has 5 nitrogen and oxygen atoms in total. The smallest absolute Gasteiger partial charge is 0.255 e. The quantitative estimate of drug-likeness (QED) is 0.607. The van der Waals surface area contributed by atoms with Crippen molar-refractivity contribution in [1.29, 1.82) is 0 Å². The van der Waals surface area contributed by atoms with Crippen molar-refractivity contribution in [2.45, 2.75) is 33.6 Å². The lowest BCUT2D eigenvalue weighted by molar-refractivity contribution is 0.0942. The molecule has 0 saturated heterocycles. The molecule has 0 fully saturated rings. The number of phenols is 1. The largest absolute Gasteiger partial charge is 0.507 e. The van der Waals surface area contributed by atoms with Gasteiger partial charge in [-0.1, -0.05) is 17.2 Å². The van der Waals surface area contributed by atoms with E-state index in [0.29, 0.717) is 12.4 Å². The Labute approximate surface area is 143 Å². The third-order valence-electron chi connectivity index (χ3n) is 3.38. The lowest BCUT2D eigenvalue weighted by atomic mass is 10.1. The van der Waals surface area contributed by atoms with Gasteiger partial charge in [-0.25, -0.2) is 0 Å². The molecule has 0 aromatic heterocycles. The minimum atomic E-state index is -0.428. The number of amides is 1. The fraction of sp³-hybridized carbons (Fsp3) is 0.421. The van der Waals surface area contributed by atoms with E-state index < -0.39 is 5.91 Å². The monoisotopic (exact) mass is 333 g/mol. The molecule has 0 heterocycles. The average molecular weight is 333 g/mol. The Morgan fingerprint density at radius 1 is 1.25 bits per heavy atom. The van der Waals surface area contributed by atoms with Gasteiger partial charge < -0.3 is 20.3 Å². The molecule has 1 rings (SSSR count). The van der Waals surface area contributed by atoms with E-state index in [0.717, 1.165) is 12.8 Å². The predicted molar refractivity (Wildman–Crippen MR) is 95.4 cm³/mol. The zero-order valence-corrected chi connectivity index (χ0v) is 14.6. The number of allylic oxidation sites excluding steroid dienone is 3. The fourth-order valence-corrected chi connectivity index (χ4v) is 2.03. The highest BCUT2D eigenvalue weighted by molar-refractivity contribution is 5.96. The summed E-state index contributed by atoms with van der Waals surface area (Å²) in [5.74, 6) is -0.0742. The molecule has 0 unspecified atom stereocenters. The Morgan fingerprint density at radius 3 is 2.62 bits per heavy atom. The standard InChI is InChI=1S/C19H27NO4/c1-14(2)5-4-6-15(3)9-12-24-16-7-8-17(18(22)13-16)19(23)20-10-11-21/h5,7-9,13,21-22H,4,6,10-12H2,1-3H3,(H,20,23). The van der Waals surface area contributed by atoms with Crippen LogP contribution < -0.4 is 10.1 Å². The number of carbonyl (C=O) groups is 1. The molecule has 0 aliphatic carbocycles. The molecule has 1 aromatic carbocycles. The van der Waals surface area contributed by atoms with E-state index in [4.69, 9.17) is 9.84 Å². The number of phenolic OH excluding ortho intramolecular Hbond substituents is 1. The summed E-state index contributed by atoms with van der Waals surface area (Å²) in [6, 6.07) is 4.56. The average Bonchev–Trinajstić information content (AvgIpc) is 2.52. The van der Waals surface area contributed by atoms with Crippen LogP contribution in [0, 0.1) is 0 Å². The second-order valence-electron chi connectivity index (χ2n) is 5.84. The molecule has 3 N–H and O–H groups in total. The SMILES string of the molecule is CC(C)=CCCC(C)=CCOc1ccc(C(=O)NCCO)c(O)c1. The molecule has 0 spiro atoms. The van der Waals surface area contributed by atoms with Crippen molar-refractivity contribution in [1.82, 2.24) is 5.32 Å². The van der Waals surface area contributed by atoms with Gasteiger partial charge in [0.1, 0.15) is 18.1 Å². The van der Waals surface area contributed by atoms with Crippen molar-refractivity contribution in [3.05, 3.63) is 47.1 Å². The number of aliphatic hydroxyl groups is 1. The van der Waals surface area contributed by atoms with Crippen LogP contribution in [0.25, 0.3) is 0 Å². The minimum Gasteiger partial charge on any atom is -0.507 e. The molecule has 0 aliphatic rings. The molecular weight excluding hydrogens is 306 g/mol. The molecule has 1 aromatic rings. The summed E-state index contributed by atoms with van der Waals surface area (Å²) >= 11 is 0. The van der Waals surface area contributed by atoms with Crippen molar-refractivity contribution in [3.63, 3.8) is 0 Å². The molecule has 0 radical (unpaired) electrons. The third-order valence-corrected chi connectivity index (χ3v) is 3.38. The summed E-state index contributed by atoms with van der Waals surface area (Å²) < 4.78 is 5.58. The number of nitrogens with one attached hydrogen (secondary N) is 1. The molecule has 132 valence electrons. The second-order valence-corrected chi connectivity index (χ2v) is 5.84. The Kier molecular flexibility index (Phi) is 8.65. The summed E-state index contributed by atoms with van der Waals surface area (Å²) in [6.45, 7) is 6.65. The minimum absolute atomic E-state index is 0.146. The molecule has 24 heavy (non-hydrogen) atoms. The Bertz CT molecular complexity index is 601. The van der Waals surface area contributed by atoms with E-state index in [1.807, 2.05) is 6.08 Å². The first-order valence-electron chi connectivity index (χ1n) is 8.08. The van der Waals surface area contributed by atoms with Gasteiger partial charge in [-0.05, 0) is 51.8 Å². The van der Waals surface area contributed by atoms with Crippen molar-refractivity contribution in [3.8, 4) is 11.5 Å². The highest BCUT2D eigenvalue weighted by Crippen LogP contribution is 2.23. The molecular formula is C19H27NO4. The van der Waals surface area contributed by atoms with E-state index in [2.05, 4.69) is 32.2 Å². The van der Waals surface area contributed by atoms with Gasteiger partial charge >= 0.3 is 0 Å². The van der Waals surface area contributed by atoms with Crippen LogP contribution in [0.3, 0.4) is 0 Å². The van der Waals surface area contributed by atoms with Gasteiger partial charge in [-0.2, -0.15) is 0 Å². The van der Waals surface area contributed by atoms with Crippen molar-refractivity contribution < 1.29 is 19.7 Å². The van der Waals surface area contributed by atoms with E-state index in [1.54, 1.807) is 6.07 Å². The van der Waals surface area contributed by atoms with E-state index in [1.165, 1.54) is 23.3 Å². The summed E-state index contributed by atoms with van der Waals surface area (Å²) in [6.07, 6.45) is 6.22. The molecule has 5 heteroatoms. The molecule has 1 amide bonds. The van der Waals surface area contributed by atoms with Crippen LogP contribution in [0.15, 0.2) is 41.5 Å². The predicted octanol–water partition coefficient (Wildman–Crippen LogP) is 3.19. The number of hydrogen-bond acceptors (Lipinski definition) is 4. The zero-order chi connectivity index (χ0) is 17.9. The first-order valence-corrected chi connectivity index (χ1v) is 8.08. The van der Waals surface area contributed by atoms with Crippen molar-refractivity contribution in [2.24, 2.45) is 0 Å². The number of hydrogen-bond donors (Lipinski definition) is 3. The second kappa shape index (κ2) is 10.5. The maximum absolute atomic E-state index is 11.8. The first-order chi connectivity index (χ1) is 11.4. The number of carbonyl (C=O) groups excluding carboxylic acids is 1. The van der Waals surface area contributed by atoms with Crippen molar-refractivity contribution >= 4 is 5.91 Å². The van der Waals surface area contributed by atoms with Crippen LogP contribution in [0.5, 0.6) is 11.5 Å². The van der Waals surface area contributed by atoms with Gasteiger partial charge in [0.2, 0.25) is 0 Å². The Morgan fingerprint density at radius 2 is 2.00 bits per heavy atom. The van der Waals surface area contributed by atoms with Crippen molar-refractivity contribution in [2.75, 3.05) is 19.8 Å². The van der Waals surface area contributed by atoms with Crippen LogP contribution in [-0.4, -0.2) is 35.9 Å². The zero-order valence-electron chi connectivity index (χ0n) is 14.6. The number of aliphatic hydroxyl groups excluding tert-OH is 1. The van der Waals surface area contributed by atoms with Crippen LogP contribution in [0.1, 0.15) is 44.0 Å². The highest BCUT2D eigenvalue weighted by atomic mass is 16.5. The maximum atomic E-state index is 11.8. The third kappa shape index (κ3) is 7.33. The van der Waals surface area contributed by atoms with Crippen LogP contribution in [-0.2, 0) is 0 Å². The molecule has 0 atom stereocenters. The van der Waals surface area contributed by atoms with Crippen LogP contribution >= 0.6 is 0 Å². The van der Waals surface area contributed by atoms with E-state index in [-0.39, 0.29) is 24.5 Å². The van der Waals surface area contributed by atoms with Gasteiger partial charge in [-0.3, -0.25) is 4.79 Å². The van der Waals surface area contributed by atoms with Crippen LogP contribution in [0.4, 0.5) is 0 Å². The van der Waals surface area contributed by atoms with Gasteiger partial charge in [0, 0.05) is 12.6 Å². The van der Waals surface area contributed by atoms with Gasteiger partial charge in [0.15, 0.2) is 0 Å². The first kappa shape index (κ1) is 19.8. The number of aromatic hydroxyl groups is 1. The van der Waals surface area contributed by atoms with Gasteiger partial charge in [0.25, 0.3) is 5.91 Å². The Hall–Kier alpha value is -2.27. The highest BCUT2D eigenvalue weighted by Gasteiger charge is 2.11. The van der Waals surface area contributed by atoms with E-state index in [9.17, 15) is 9.90 Å². The maximum Gasteiger partial charge on any atom is 0.255 e. The number of rotatable bonds is 9. The topological polar surface area (TPSA) is 78.8 Å². The number of benzene rings is 1. The molecule has 0 aliphatic heterocycles. The lowest BCUT2D eigenvalue weighted by Crippen LogP contribution is -2.26. The fourth-order valence-electron chi connectivity index (χ4n) is 2.03. The summed E-state index contributed by atoms with van der Waals surface area (Å²) in [4.78, 5) is 11.8.